The molecule has 1 aromatic rings. The summed E-state index contributed by atoms with van der Waals surface area (Å²) in [7, 11) is 0. The number of carboxylic acid groups (broad SMARTS) is 1. The third kappa shape index (κ3) is 3.80. The second-order valence-electron chi connectivity index (χ2n) is 1.98. The maximum absolute atomic E-state index is 10.2. The lowest BCUT2D eigenvalue weighted by molar-refractivity contribution is -0.133. The summed E-state index contributed by atoms with van der Waals surface area (Å²) in [5.74, 6) is -1.05. The number of rotatable bonds is 3. The van der Waals surface area contributed by atoms with Gasteiger partial charge in [0.05, 0.1) is 5.75 Å². The van der Waals surface area contributed by atoms with Crippen molar-refractivity contribution in [1.82, 2.24) is 9.97 Å². The Labute approximate surface area is 88.3 Å². The minimum absolute atomic E-state index is 0.114. The van der Waals surface area contributed by atoms with Crippen molar-refractivity contribution in [2.75, 3.05) is 5.75 Å². The quantitative estimate of drug-likeness (QED) is 0.496. The standard InChI is InChI=1S/C6H4Cl2N2O2S/c7-3-1-4(8)10-6(9-3)13-2-5(11)12/h1H,2H2,(H,11,12). The lowest BCUT2D eigenvalue weighted by Gasteiger charge is -1.97. The Morgan fingerprint density at radius 3 is 2.46 bits per heavy atom. The first-order chi connectivity index (χ1) is 6.08. The molecule has 0 amide bonds. The van der Waals surface area contributed by atoms with E-state index in [9.17, 15) is 4.79 Å². The van der Waals surface area contributed by atoms with Crippen LogP contribution < -0.4 is 0 Å². The van der Waals surface area contributed by atoms with Gasteiger partial charge in [0.1, 0.15) is 10.3 Å². The summed E-state index contributed by atoms with van der Waals surface area (Å²) in [4.78, 5) is 17.8. The van der Waals surface area contributed by atoms with Gasteiger partial charge < -0.3 is 5.11 Å². The highest BCUT2D eigenvalue weighted by molar-refractivity contribution is 7.99. The van der Waals surface area contributed by atoms with Crippen molar-refractivity contribution in [1.29, 1.82) is 0 Å². The van der Waals surface area contributed by atoms with Crippen molar-refractivity contribution in [3.63, 3.8) is 0 Å². The van der Waals surface area contributed by atoms with Gasteiger partial charge in [0.15, 0.2) is 5.16 Å². The van der Waals surface area contributed by atoms with Gasteiger partial charge in [-0.15, -0.1) is 0 Å². The lowest BCUT2D eigenvalue weighted by atomic mass is 10.7. The number of hydrogen-bond donors (Lipinski definition) is 1. The van der Waals surface area contributed by atoms with Crippen LogP contribution in [0.2, 0.25) is 10.3 Å². The molecule has 1 aromatic heterocycles. The van der Waals surface area contributed by atoms with Crippen LogP contribution in [0.1, 0.15) is 0 Å². The highest BCUT2D eigenvalue weighted by atomic mass is 35.5. The molecule has 13 heavy (non-hydrogen) atoms. The fraction of sp³-hybridized carbons (Fsp3) is 0.167. The second-order valence-corrected chi connectivity index (χ2v) is 3.70. The molecule has 70 valence electrons. The van der Waals surface area contributed by atoms with Crippen molar-refractivity contribution in [2.45, 2.75) is 5.16 Å². The van der Waals surface area contributed by atoms with Gasteiger partial charge in [-0.1, -0.05) is 35.0 Å². The fourth-order valence-electron chi connectivity index (χ4n) is 0.561. The molecule has 0 aliphatic rings. The van der Waals surface area contributed by atoms with Gasteiger partial charge in [0, 0.05) is 6.07 Å². The molecule has 0 atom stereocenters. The molecular weight excluding hydrogens is 235 g/mol. The van der Waals surface area contributed by atoms with E-state index in [1.807, 2.05) is 0 Å². The molecule has 0 aliphatic carbocycles. The molecule has 0 saturated carbocycles. The van der Waals surface area contributed by atoms with E-state index in [2.05, 4.69) is 9.97 Å². The number of carbonyl (C=O) groups is 1. The largest absolute Gasteiger partial charge is 0.481 e. The lowest BCUT2D eigenvalue weighted by Crippen LogP contribution is -1.99. The summed E-state index contributed by atoms with van der Waals surface area (Å²) in [5, 5.41) is 9.04. The molecule has 1 rings (SSSR count). The molecule has 0 radical (unpaired) electrons. The van der Waals surface area contributed by atoms with Crippen molar-refractivity contribution in [3.05, 3.63) is 16.4 Å². The monoisotopic (exact) mass is 238 g/mol. The predicted molar refractivity (Wildman–Crippen MR) is 50.4 cm³/mol. The summed E-state index contributed by atoms with van der Waals surface area (Å²) >= 11 is 12.1. The third-order valence-electron chi connectivity index (χ3n) is 0.968. The molecule has 1 heterocycles. The van der Waals surface area contributed by atoms with E-state index < -0.39 is 5.97 Å². The van der Waals surface area contributed by atoms with Crippen LogP contribution in [-0.4, -0.2) is 26.8 Å². The Bertz CT molecular complexity index is 314. The zero-order valence-electron chi connectivity index (χ0n) is 6.20. The third-order valence-corrected chi connectivity index (χ3v) is 2.19. The van der Waals surface area contributed by atoms with Crippen molar-refractivity contribution in [2.24, 2.45) is 0 Å². The molecule has 1 N–H and O–H groups in total. The smallest absolute Gasteiger partial charge is 0.313 e. The zero-order chi connectivity index (χ0) is 9.84. The molecular formula is C6H4Cl2N2O2S. The van der Waals surface area contributed by atoms with Crippen molar-refractivity contribution >= 4 is 40.9 Å². The van der Waals surface area contributed by atoms with Crippen molar-refractivity contribution < 1.29 is 9.90 Å². The first kappa shape index (κ1) is 10.6. The minimum Gasteiger partial charge on any atom is -0.481 e. The van der Waals surface area contributed by atoms with E-state index in [0.717, 1.165) is 11.8 Å². The minimum atomic E-state index is -0.940. The molecule has 0 fully saturated rings. The number of nitrogens with zero attached hydrogens (tertiary/aromatic N) is 2. The Morgan fingerprint density at radius 1 is 1.46 bits per heavy atom. The Morgan fingerprint density at radius 2 is 2.00 bits per heavy atom. The Kier molecular flexibility index (Phi) is 3.77. The van der Waals surface area contributed by atoms with E-state index in [-0.39, 0.29) is 21.2 Å². The first-order valence-corrected chi connectivity index (χ1v) is 4.87. The molecule has 7 heteroatoms. The van der Waals surface area contributed by atoms with Crippen LogP contribution >= 0.6 is 35.0 Å². The normalized spacial score (nSPS) is 10.0. The van der Waals surface area contributed by atoms with Gasteiger partial charge in [-0.2, -0.15) is 0 Å². The molecule has 0 unspecified atom stereocenters. The zero-order valence-corrected chi connectivity index (χ0v) is 8.53. The molecule has 0 bridgehead atoms. The highest BCUT2D eigenvalue weighted by Crippen LogP contribution is 2.18. The number of aliphatic carboxylic acids is 1. The molecule has 0 aliphatic heterocycles. The maximum atomic E-state index is 10.2. The van der Waals surface area contributed by atoms with Gasteiger partial charge in [-0.25, -0.2) is 9.97 Å². The topological polar surface area (TPSA) is 63.1 Å². The van der Waals surface area contributed by atoms with Crippen molar-refractivity contribution in [3.8, 4) is 0 Å². The van der Waals surface area contributed by atoms with E-state index in [0.29, 0.717) is 0 Å². The van der Waals surface area contributed by atoms with Crippen LogP contribution in [0.15, 0.2) is 11.2 Å². The van der Waals surface area contributed by atoms with Crippen LogP contribution in [0, 0.1) is 0 Å². The summed E-state index contributed by atoms with van der Waals surface area (Å²) in [6.45, 7) is 0. The summed E-state index contributed by atoms with van der Waals surface area (Å²) in [6.07, 6.45) is 0. The van der Waals surface area contributed by atoms with Gasteiger partial charge in [-0.05, 0) is 0 Å². The summed E-state index contributed by atoms with van der Waals surface area (Å²) < 4.78 is 0. The van der Waals surface area contributed by atoms with E-state index >= 15 is 0 Å². The van der Waals surface area contributed by atoms with Crippen LogP contribution in [0.3, 0.4) is 0 Å². The Hall–Kier alpha value is -0.520. The van der Waals surface area contributed by atoms with Crippen LogP contribution in [0.4, 0.5) is 0 Å². The number of aromatic nitrogens is 2. The van der Waals surface area contributed by atoms with Gasteiger partial charge >= 0.3 is 5.97 Å². The molecule has 0 saturated heterocycles. The average Bonchev–Trinajstić information content (AvgIpc) is 1.99. The highest BCUT2D eigenvalue weighted by Gasteiger charge is 2.04. The number of carboxylic acids is 1. The number of thioether (sulfide) groups is 1. The predicted octanol–water partition coefficient (Wildman–Crippen LogP) is 1.96. The van der Waals surface area contributed by atoms with E-state index in [1.165, 1.54) is 6.07 Å². The van der Waals surface area contributed by atoms with Crippen LogP contribution in [0.5, 0.6) is 0 Å². The number of halogens is 2. The summed E-state index contributed by atoms with van der Waals surface area (Å²) in [6, 6.07) is 1.38. The first-order valence-electron chi connectivity index (χ1n) is 3.12. The molecule has 0 aromatic carbocycles. The Balaban J connectivity index is 2.71. The number of hydrogen-bond acceptors (Lipinski definition) is 4. The second kappa shape index (κ2) is 4.64. The van der Waals surface area contributed by atoms with Gasteiger partial charge in [-0.3, -0.25) is 4.79 Å². The average molecular weight is 239 g/mol. The van der Waals surface area contributed by atoms with E-state index in [4.69, 9.17) is 28.3 Å². The maximum Gasteiger partial charge on any atom is 0.313 e. The SMILES string of the molecule is O=C(O)CSc1nc(Cl)cc(Cl)n1. The molecule has 0 spiro atoms. The van der Waals surface area contributed by atoms with Gasteiger partial charge in [0.2, 0.25) is 0 Å². The van der Waals surface area contributed by atoms with Crippen LogP contribution in [-0.2, 0) is 4.79 Å². The van der Waals surface area contributed by atoms with E-state index in [1.54, 1.807) is 0 Å². The van der Waals surface area contributed by atoms with Gasteiger partial charge in [0.25, 0.3) is 0 Å². The summed E-state index contributed by atoms with van der Waals surface area (Å²) in [5.41, 5.74) is 0. The molecule has 4 nitrogen and oxygen atoms in total. The van der Waals surface area contributed by atoms with Crippen LogP contribution in [0.25, 0.3) is 0 Å². The fourth-order valence-corrected chi connectivity index (χ4v) is 1.66.